The molecule has 2 heterocycles. The molecule has 0 spiro atoms. The van der Waals surface area contributed by atoms with E-state index in [9.17, 15) is 9.59 Å². The lowest BCUT2D eigenvalue weighted by Crippen LogP contribution is -2.53. The van der Waals surface area contributed by atoms with Crippen molar-refractivity contribution in [1.82, 2.24) is 10.3 Å². The number of amides is 2. The van der Waals surface area contributed by atoms with E-state index in [1.165, 1.54) is 0 Å². The van der Waals surface area contributed by atoms with Crippen LogP contribution < -0.4 is 20.3 Å². The van der Waals surface area contributed by atoms with Crippen LogP contribution in [0.4, 0.5) is 17.2 Å². The lowest BCUT2D eigenvalue weighted by molar-refractivity contribution is -0.134. The van der Waals surface area contributed by atoms with Crippen LogP contribution in [0.2, 0.25) is 0 Å². The number of benzene rings is 1. The highest BCUT2D eigenvalue weighted by atomic mass is 35.5. The number of nitrogens with zero attached hydrogens (tertiary/aromatic N) is 2. The van der Waals surface area contributed by atoms with Crippen LogP contribution in [0.5, 0.6) is 5.88 Å². The SMILES string of the molecule is CNC(C)C(=O)Nc1ccc2c(n1)O[C@@](C)(CCC(C)C)C(=O)N2c1ccccc1.Cl. The number of nitrogens with one attached hydrogen (secondary N) is 2. The first-order valence-corrected chi connectivity index (χ1v) is 10.3. The number of hydrogen-bond acceptors (Lipinski definition) is 5. The van der Waals surface area contributed by atoms with Gasteiger partial charge in [-0.2, -0.15) is 4.98 Å². The lowest BCUT2D eigenvalue weighted by Gasteiger charge is -2.40. The summed E-state index contributed by atoms with van der Waals surface area (Å²) in [6.45, 7) is 7.82. The van der Waals surface area contributed by atoms with Crippen LogP contribution >= 0.6 is 12.4 Å². The molecule has 2 atom stereocenters. The quantitative estimate of drug-likeness (QED) is 0.662. The number of carbonyl (C=O) groups excluding carboxylic acids is 2. The van der Waals surface area contributed by atoms with Crippen LogP contribution in [-0.2, 0) is 9.59 Å². The van der Waals surface area contributed by atoms with Crippen molar-refractivity contribution < 1.29 is 14.3 Å². The number of ether oxygens (including phenoxy) is 1. The number of para-hydroxylation sites is 1. The molecule has 168 valence electrons. The fourth-order valence-corrected chi connectivity index (χ4v) is 3.27. The molecular formula is C23H31ClN4O3. The van der Waals surface area contributed by atoms with Gasteiger partial charge < -0.3 is 15.4 Å². The van der Waals surface area contributed by atoms with Crippen molar-refractivity contribution in [3.05, 3.63) is 42.5 Å². The van der Waals surface area contributed by atoms with E-state index in [0.29, 0.717) is 29.7 Å². The van der Waals surface area contributed by atoms with Crippen molar-refractivity contribution in [3.8, 4) is 5.88 Å². The Bertz CT molecular complexity index is 922. The average Bonchev–Trinajstić information content (AvgIpc) is 2.73. The van der Waals surface area contributed by atoms with Gasteiger partial charge in [-0.25, -0.2) is 0 Å². The van der Waals surface area contributed by atoms with Crippen LogP contribution in [0.3, 0.4) is 0 Å². The summed E-state index contributed by atoms with van der Waals surface area (Å²) in [4.78, 5) is 31.9. The Morgan fingerprint density at radius 2 is 1.84 bits per heavy atom. The average molecular weight is 447 g/mol. The molecule has 0 bridgehead atoms. The first-order chi connectivity index (χ1) is 14.2. The van der Waals surface area contributed by atoms with Crippen molar-refractivity contribution in [1.29, 1.82) is 0 Å². The van der Waals surface area contributed by atoms with Gasteiger partial charge in [0.25, 0.3) is 5.91 Å². The highest BCUT2D eigenvalue weighted by Gasteiger charge is 2.45. The summed E-state index contributed by atoms with van der Waals surface area (Å²) in [6, 6.07) is 12.6. The Labute approximate surface area is 190 Å². The monoisotopic (exact) mass is 446 g/mol. The van der Waals surface area contributed by atoms with E-state index in [0.717, 1.165) is 12.1 Å². The number of carbonyl (C=O) groups is 2. The maximum absolute atomic E-state index is 13.5. The van der Waals surface area contributed by atoms with Crippen LogP contribution in [0.25, 0.3) is 0 Å². The maximum Gasteiger partial charge on any atom is 0.275 e. The minimum absolute atomic E-state index is 0. The summed E-state index contributed by atoms with van der Waals surface area (Å²) >= 11 is 0. The lowest BCUT2D eigenvalue weighted by atomic mass is 9.92. The number of pyridine rings is 1. The van der Waals surface area contributed by atoms with Gasteiger partial charge in [-0.1, -0.05) is 32.0 Å². The Morgan fingerprint density at radius 1 is 1.16 bits per heavy atom. The van der Waals surface area contributed by atoms with Crippen molar-refractivity contribution >= 4 is 41.4 Å². The van der Waals surface area contributed by atoms with E-state index in [2.05, 4.69) is 29.5 Å². The van der Waals surface area contributed by atoms with Gasteiger partial charge in [0.1, 0.15) is 11.5 Å². The molecule has 7 nitrogen and oxygen atoms in total. The number of aromatic nitrogens is 1. The highest BCUT2D eigenvalue weighted by molar-refractivity contribution is 6.08. The Hall–Kier alpha value is -2.64. The summed E-state index contributed by atoms with van der Waals surface area (Å²) in [7, 11) is 1.72. The molecule has 0 radical (unpaired) electrons. The summed E-state index contributed by atoms with van der Waals surface area (Å²) < 4.78 is 6.17. The summed E-state index contributed by atoms with van der Waals surface area (Å²) in [5.41, 5.74) is 0.277. The van der Waals surface area contributed by atoms with Crippen molar-refractivity contribution in [2.24, 2.45) is 5.92 Å². The molecule has 0 fully saturated rings. The van der Waals surface area contributed by atoms with Gasteiger partial charge in [0.05, 0.1) is 6.04 Å². The summed E-state index contributed by atoms with van der Waals surface area (Å²) in [6.07, 6.45) is 1.41. The van der Waals surface area contributed by atoms with Gasteiger partial charge >= 0.3 is 0 Å². The standard InChI is InChI=1S/C23H30N4O3.ClH/c1-15(2)13-14-23(4)22(29)27(17-9-7-6-8-10-17)18-11-12-19(26-21(18)30-23)25-20(28)16(3)24-5;/h6-12,15-16,24H,13-14H2,1-5H3,(H,25,26,28);1H/t16?,23-;/m0./s1. The number of fused-ring (bicyclic) bond motifs is 1. The third-order valence-corrected chi connectivity index (χ3v) is 5.35. The van der Waals surface area contributed by atoms with E-state index in [-0.39, 0.29) is 30.3 Å². The van der Waals surface area contributed by atoms with E-state index in [4.69, 9.17) is 4.74 Å². The zero-order chi connectivity index (χ0) is 21.9. The highest BCUT2D eigenvalue weighted by Crippen LogP contribution is 2.43. The molecule has 3 rings (SSSR count). The molecule has 2 N–H and O–H groups in total. The van der Waals surface area contributed by atoms with Crippen molar-refractivity contribution in [2.45, 2.75) is 52.2 Å². The predicted octanol–water partition coefficient (Wildman–Crippen LogP) is 4.30. The molecule has 1 aromatic heterocycles. The first kappa shape index (κ1) is 24.6. The molecule has 31 heavy (non-hydrogen) atoms. The Kier molecular flexibility index (Phi) is 8.03. The number of rotatable bonds is 7. The second-order valence-electron chi connectivity index (χ2n) is 8.26. The molecule has 1 unspecified atom stereocenters. The zero-order valence-corrected chi connectivity index (χ0v) is 19.5. The van der Waals surface area contributed by atoms with E-state index >= 15 is 0 Å². The van der Waals surface area contributed by atoms with E-state index in [1.54, 1.807) is 31.0 Å². The maximum atomic E-state index is 13.5. The molecule has 0 saturated carbocycles. The van der Waals surface area contributed by atoms with Gasteiger partial charge in [0, 0.05) is 5.69 Å². The summed E-state index contributed by atoms with van der Waals surface area (Å²) in [5.74, 6) is 0.837. The van der Waals surface area contributed by atoms with Crippen LogP contribution in [-0.4, -0.2) is 35.5 Å². The summed E-state index contributed by atoms with van der Waals surface area (Å²) in [5, 5.41) is 5.69. The van der Waals surface area contributed by atoms with Gasteiger partial charge in [-0.15, -0.1) is 12.4 Å². The molecule has 1 aliphatic heterocycles. The fourth-order valence-electron chi connectivity index (χ4n) is 3.27. The molecule has 1 aliphatic rings. The molecule has 0 aliphatic carbocycles. The van der Waals surface area contributed by atoms with Crippen LogP contribution in [0, 0.1) is 5.92 Å². The predicted molar refractivity (Wildman–Crippen MR) is 125 cm³/mol. The molecule has 1 aromatic carbocycles. The second kappa shape index (κ2) is 10.1. The number of likely N-dealkylation sites (N-methyl/N-ethyl adjacent to an activating group) is 1. The van der Waals surface area contributed by atoms with E-state index in [1.807, 2.05) is 37.3 Å². The second-order valence-corrected chi connectivity index (χ2v) is 8.26. The fraction of sp³-hybridized carbons (Fsp3) is 0.435. The van der Waals surface area contributed by atoms with Crippen molar-refractivity contribution in [2.75, 3.05) is 17.3 Å². The molecule has 2 aromatic rings. The van der Waals surface area contributed by atoms with Gasteiger partial charge in [0.15, 0.2) is 5.60 Å². The van der Waals surface area contributed by atoms with E-state index < -0.39 is 5.60 Å². The van der Waals surface area contributed by atoms with Gasteiger partial charge in [-0.3, -0.25) is 14.5 Å². The third kappa shape index (κ3) is 5.35. The number of hydrogen-bond donors (Lipinski definition) is 2. The smallest absolute Gasteiger partial charge is 0.275 e. The Morgan fingerprint density at radius 3 is 2.45 bits per heavy atom. The normalized spacial score (nSPS) is 18.6. The molecule has 0 saturated heterocycles. The zero-order valence-electron chi connectivity index (χ0n) is 18.6. The number of halogens is 1. The van der Waals surface area contributed by atoms with Gasteiger partial charge in [0.2, 0.25) is 11.8 Å². The first-order valence-electron chi connectivity index (χ1n) is 10.3. The minimum atomic E-state index is -1.04. The van der Waals surface area contributed by atoms with Crippen LogP contribution in [0.1, 0.15) is 40.5 Å². The molecule has 2 amide bonds. The molecular weight excluding hydrogens is 416 g/mol. The third-order valence-electron chi connectivity index (χ3n) is 5.35. The number of anilines is 3. The molecule has 8 heteroatoms. The van der Waals surface area contributed by atoms with Crippen molar-refractivity contribution in [3.63, 3.8) is 0 Å². The largest absolute Gasteiger partial charge is 0.460 e. The van der Waals surface area contributed by atoms with Gasteiger partial charge in [-0.05, 0) is 63.9 Å². The Balaban J connectivity index is 0.00000341. The minimum Gasteiger partial charge on any atom is -0.460 e. The van der Waals surface area contributed by atoms with Crippen LogP contribution in [0.15, 0.2) is 42.5 Å². The topological polar surface area (TPSA) is 83.6 Å².